The van der Waals surface area contributed by atoms with Gasteiger partial charge in [0.1, 0.15) is 0 Å². The number of benzene rings is 2. The lowest BCUT2D eigenvalue weighted by Gasteiger charge is -2.33. The van der Waals surface area contributed by atoms with Gasteiger partial charge in [0.05, 0.1) is 20.8 Å². The second kappa shape index (κ2) is 12.8. The molecule has 0 saturated carbocycles. The number of aliphatic imine (C=N–C) groups is 1. The molecule has 0 amide bonds. The maximum atomic E-state index is 6.12. The standard InChI is InChI=1S/C24H34N4O2.HI/c1-18-8-6-7-13-28(18)17-21-10-5-4-9-20(21)16-27-24(25)26-15-19-11-12-22(29-2)23(14-19)30-3;/h4-5,9-12,14,18H,6-8,13,15-17H2,1-3H3,(H3,25,26,27);1H. The van der Waals surface area contributed by atoms with E-state index in [2.05, 4.69) is 46.4 Å². The van der Waals surface area contributed by atoms with E-state index < -0.39 is 0 Å². The molecule has 0 radical (unpaired) electrons. The van der Waals surface area contributed by atoms with Crippen molar-refractivity contribution in [2.45, 2.75) is 51.9 Å². The second-order valence-corrected chi connectivity index (χ2v) is 7.83. The maximum Gasteiger partial charge on any atom is 0.189 e. The van der Waals surface area contributed by atoms with Crippen molar-refractivity contribution in [2.75, 3.05) is 20.8 Å². The van der Waals surface area contributed by atoms with Gasteiger partial charge in [-0.1, -0.05) is 36.8 Å². The summed E-state index contributed by atoms with van der Waals surface area (Å²) in [6, 6.07) is 15.0. The zero-order chi connectivity index (χ0) is 21.3. The molecular formula is C24H35IN4O2. The summed E-state index contributed by atoms with van der Waals surface area (Å²) in [4.78, 5) is 7.05. The summed E-state index contributed by atoms with van der Waals surface area (Å²) in [6.07, 6.45) is 3.92. The number of hydrogen-bond donors (Lipinski definition) is 2. The number of hydrogen-bond acceptors (Lipinski definition) is 4. The number of halogens is 1. The molecule has 1 fully saturated rings. The summed E-state index contributed by atoms with van der Waals surface area (Å²) >= 11 is 0. The molecule has 7 heteroatoms. The van der Waals surface area contributed by atoms with E-state index in [0.717, 1.165) is 12.1 Å². The molecular weight excluding hydrogens is 503 g/mol. The first kappa shape index (κ1) is 25.3. The van der Waals surface area contributed by atoms with E-state index in [0.29, 0.717) is 36.6 Å². The Morgan fingerprint density at radius 2 is 1.84 bits per heavy atom. The van der Waals surface area contributed by atoms with Crippen molar-refractivity contribution in [1.82, 2.24) is 10.2 Å². The van der Waals surface area contributed by atoms with Crippen LogP contribution in [0.3, 0.4) is 0 Å². The van der Waals surface area contributed by atoms with Crippen LogP contribution < -0.4 is 20.5 Å². The van der Waals surface area contributed by atoms with Crippen molar-refractivity contribution < 1.29 is 9.47 Å². The minimum atomic E-state index is 0. The molecule has 1 unspecified atom stereocenters. The number of likely N-dealkylation sites (tertiary alicyclic amines) is 1. The van der Waals surface area contributed by atoms with Crippen molar-refractivity contribution in [3.05, 3.63) is 59.2 Å². The molecule has 0 bridgehead atoms. The number of rotatable bonds is 8. The highest BCUT2D eigenvalue weighted by atomic mass is 127. The quantitative estimate of drug-likeness (QED) is 0.298. The van der Waals surface area contributed by atoms with Crippen LogP contribution in [0.2, 0.25) is 0 Å². The average molecular weight is 538 g/mol. The molecule has 0 aromatic heterocycles. The van der Waals surface area contributed by atoms with Crippen molar-refractivity contribution >= 4 is 29.9 Å². The van der Waals surface area contributed by atoms with Crippen LogP contribution in [0.5, 0.6) is 11.5 Å². The van der Waals surface area contributed by atoms with E-state index in [9.17, 15) is 0 Å². The van der Waals surface area contributed by atoms with Crippen LogP contribution in [-0.4, -0.2) is 37.7 Å². The third-order valence-electron chi connectivity index (χ3n) is 5.77. The van der Waals surface area contributed by atoms with Crippen LogP contribution in [0, 0.1) is 0 Å². The molecule has 0 spiro atoms. The SMILES string of the molecule is COc1ccc(CN=C(N)NCc2ccccc2CN2CCCCC2C)cc1OC.I. The summed E-state index contributed by atoms with van der Waals surface area (Å²) in [6.45, 7) is 5.64. The van der Waals surface area contributed by atoms with E-state index in [4.69, 9.17) is 15.2 Å². The van der Waals surface area contributed by atoms with Crippen LogP contribution in [0.15, 0.2) is 47.5 Å². The van der Waals surface area contributed by atoms with E-state index in [1.165, 1.54) is 36.9 Å². The van der Waals surface area contributed by atoms with Crippen molar-refractivity contribution in [3.63, 3.8) is 0 Å². The number of ether oxygens (including phenoxy) is 2. The summed E-state index contributed by atoms with van der Waals surface area (Å²) in [5, 5.41) is 3.26. The van der Waals surface area contributed by atoms with Gasteiger partial charge in [-0.05, 0) is 55.1 Å². The van der Waals surface area contributed by atoms with E-state index in [-0.39, 0.29) is 24.0 Å². The van der Waals surface area contributed by atoms with Gasteiger partial charge in [-0.2, -0.15) is 0 Å². The third-order valence-corrected chi connectivity index (χ3v) is 5.77. The van der Waals surface area contributed by atoms with Gasteiger partial charge >= 0.3 is 0 Å². The number of piperidine rings is 1. The van der Waals surface area contributed by atoms with Crippen LogP contribution in [0.4, 0.5) is 0 Å². The number of guanidine groups is 1. The number of methoxy groups -OCH3 is 2. The molecule has 31 heavy (non-hydrogen) atoms. The lowest BCUT2D eigenvalue weighted by Crippen LogP contribution is -2.37. The molecule has 3 rings (SSSR count). The summed E-state index contributed by atoms with van der Waals surface area (Å²) < 4.78 is 10.6. The molecule has 1 aliphatic heterocycles. The molecule has 1 heterocycles. The topological polar surface area (TPSA) is 72.1 Å². The highest BCUT2D eigenvalue weighted by Gasteiger charge is 2.19. The van der Waals surface area contributed by atoms with Gasteiger partial charge in [0, 0.05) is 19.1 Å². The molecule has 2 aromatic carbocycles. The minimum absolute atomic E-state index is 0. The van der Waals surface area contributed by atoms with Crippen molar-refractivity contribution in [2.24, 2.45) is 10.7 Å². The first-order valence-corrected chi connectivity index (χ1v) is 10.7. The Hall–Kier alpha value is -2.00. The van der Waals surface area contributed by atoms with Gasteiger partial charge in [-0.15, -0.1) is 24.0 Å². The Morgan fingerprint density at radius 3 is 2.55 bits per heavy atom. The predicted octanol–water partition coefficient (Wildman–Crippen LogP) is 4.30. The van der Waals surface area contributed by atoms with Crippen LogP contribution >= 0.6 is 24.0 Å². The van der Waals surface area contributed by atoms with Gasteiger partial charge in [0.25, 0.3) is 0 Å². The van der Waals surface area contributed by atoms with Crippen LogP contribution in [-0.2, 0) is 19.6 Å². The first-order valence-electron chi connectivity index (χ1n) is 10.7. The fourth-order valence-electron chi connectivity index (χ4n) is 3.89. The van der Waals surface area contributed by atoms with Gasteiger partial charge in [-0.3, -0.25) is 4.90 Å². The molecule has 6 nitrogen and oxygen atoms in total. The average Bonchev–Trinajstić information content (AvgIpc) is 2.78. The second-order valence-electron chi connectivity index (χ2n) is 7.83. The Morgan fingerprint density at radius 1 is 1.10 bits per heavy atom. The molecule has 170 valence electrons. The zero-order valence-corrected chi connectivity index (χ0v) is 21.1. The number of nitrogens with one attached hydrogen (secondary N) is 1. The lowest BCUT2D eigenvalue weighted by molar-refractivity contribution is 0.152. The largest absolute Gasteiger partial charge is 0.493 e. The highest BCUT2D eigenvalue weighted by Crippen LogP contribution is 2.27. The van der Waals surface area contributed by atoms with Crippen LogP contribution in [0.1, 0.15) is 42.9 Å². The molecule has 1 saturated heterocycles. The smallest absolute Gasteiger partial charge is 0.189 e. The molecule has 2 aromatic rings. The van der Waals surface area contributed by atoms with E-state index in [1.54, 1.807) is 14.2 Å². The fourth-order valence-corrected chi connectivity index (χ4v) is 3.89. The van der Waals surface area contributed by atoms with E-state index >= 15 is 0 Å². The van der Waals surface area contributed by atoms with Crippen molar-refractivity contribution in [3.8, 4) is 11.5 Å². The Bertz CT molecular complexity index is 859. The fraction of sp³-hybridized carbons (Fsp3) is 0.458. The Labute approximate surface area is 203 Å². The monoisotopic (exact) mass is 538 g/mol. The van der Waals surface area contributed by atoms with Crippen LogP contribution in [0.25, 0.3) is 0 Å². The normalized spacial score (nSPS) is 17.0. The summed E-state index contributed by atoms with van der Waals surface area (Å²) in [5.74, 6) is 1.83. The van der Waals surface area contributed by atoms with E-state index in [1.807, 2.05) is 18.2 Å². The Kier molecular flexibility index (Phi) is 10.4. The maximum absolute atomic E-state index is 6.12. The summed E-state index contributed by atoms with van der Waals surface area (Å²) in [5.41, 5.74) is 9.75. The minimum Gasteiger partial charge on any atom is -0.493 e. The molecule has 0 aliphatic carbocycles. The van der Waals surface area contributed by atoms with Gasteiger partial charge in [-0.25, -0.2) is 4.99 Å². The first-order chi connectivity index (χ1) is 14.6. The predicted molar refractivity (Wildman–Crippen MR) is 137 cm³/mol. The van der Waals surface area contributed by atoms with Crippen molar-refractivity contribution in [1.29, 1.82) is 0 Å². The van der Waals surface area contributed by atoms with Gasteiger partial charge < -0.3 is 20.5 Å². The van der Waals surface area contributed by atoms with Gasteiger partial charge in [0.2, 0.25) is 0 Å². The summed E-state index contributed by atoms with van der Waals surface area (Å²) in [7, 11) is 3.25. The van der Waals surface area contributed by atoms with Gasteiger partial charge in [0.15, 0.2) is 17.5 Å². The third kappa shape index (κ3) is 7.28. The number of nitrogens with zero attached hydrogens (tertiary/aromatic N) is 2. The molecule has 1 aliphatic rings. The highest BCUT2D eigenvalue weighted by molar-refractivity contribution is 14.0. The number of nitrogens with two attached hydrogens (primary N) is 1. The zero-order valence-electron chi connectivity index (χ0n) is 18.8. The lowest BCUT2D eigenvalue weighted by atomic mass is 10.0. The molecule has 1 atom stereocenters. The Balaban J connectivity index is 0.00000341. The molecule has 3 N–H and O–H groups in total.